The molecular weight excluding hydrogens is 338 g/mol. The van der Waals surface area contributed by atoms with Gasteiger partial charge < -0.3 is 10.1 Å². The minimum absolute atomic E-state index is 0.140. The Morgan fingerprint density at radius 2 is 2.37 bits per heavy atom. The molecule has 2 aromatic rings. The van der Waals surface area contributed by atoms with Gasteiger partial charge in [0.05, 0.1) is 11.6 Å². The average molecular weight is 347 g/mol. The van der Waals surface area contributed by atoms with Crippen LogP contribution in [0.3, 0.4) is 0 Å². The number of nitrogens with zero attached hydrogens (tertiary/aromatic N) is 3. The first-order valence-electron chi connectivity index (χ1n) is 5.22. The quantitative estimate of drug-likeness (QED) is 0.851. The predicted molar refractivity (Wildman–Crippen MR) is 70.7 cm³/mol. The normalized spacial score (nSPS) is 10.2. The molecule has 7 nitrogen and oxygen atoms in total. The summed E-state index contributed by atoms with van der Waals surface area (Å²) in [6.45, 7) is 0.0476. The Morgan fingerprint density at radius 1 is 1.53 bits per heavy atom. The van der Waals surface area contributed by atoms with Crippen LogP contribution in [0.2, 0.25) is 5.02 Å². The van der Waals surface area contributed by atoms with Gasteiger partial charge in [-0.1, -0.05) is 32.7 Å². The summed E-state index contributed by atoms with van der Waals surface area (Å²) in [5, 5.41) is 16.1. The lowest BCUT2D eigenvalue weighted by atomic mass is 10.3. The highest BCUT2D eigenvalue weighted by Crippen LogP contribution is 2.27. The summed E-state index contributed by atoms with van der Waals surface area (Å²) >= 11 is 9.23. The van der Waals surface area contributed by atoms with E-state index in [-0.39, 0.29) is 19.1 Å². The van der Waals surface area contributed by atoms with E-state index < -0.39 is 0 Å². The minimum Gasteiger partial charge on any atom is -0.482 e. The van der Waals surface area contributed by atoms with E-state index in [0.717, 1.165) is 4.47 Å². The Balaban J connectivity index is 1.80. The monoisotopic (exact) mass is 345 g/mol. The predicted octanol–water partition coefficient (Wildman–Crippen LogP) is 1.31. The number of nitrogens with one attached hydrogen (secondary N) is 2. The molecule has 0 bridgehead atoms. The Hall–Kier alpha value is -1.67. The van der Waals surface area contributed by atoms with Crippen molar-refractivity contribution >= 4 is 33.4 Å². The topological polar surface area (TPSA) is 92.8 Å². The van der Waals surface area contributed by atoms with Gasteiger partial charge in [0.15, 0.2) is 12.4 Å². The van der Waals surface area contributed by atoms with Crippen LogP contribution in [0.5, 0.6) is 5.75 Å². The summed E-state index contributed by atoms with van der Waals surface area (Å²) in [4.78, 5) is 11.5. The number of ether oxygens (including phenoxy) is 1. The molecule has 1 amide bonds. The number of benzene rings is 1. The van der Waals surface area contributed by atoms with Crippen LogP contribution in [0.25, 0.3) is 0 Å². The number of aromatic nitrogens is 4. The number of H-pyrrole nitrogens is 1. The van der Waals surface area contributed by atoms with E-state index in [1.807, 2.05) is 0 Å². The molecule has 1 aromatic heterocycles. The van der Waals surface area contributed by atoms with Crippen LogP contribution in [-0.2, 0) is 11.3 Å². The number of amides is 1. The van der Waals surface area contributed by atoms with Gasteiger partial charge in [0.1, 0.15) is 5.75 Å². The second kappa shape index (κ2) is 6.48. The molecule has 0 aliphatic rings. The Morgan fingerprint density at radius 3 is 3.05 bits per heavy atom. The Bertz CT molecular complexity index is 563. The summed E-state index contributed by atoms with van der Waals surface area (Å²) in [5.41, 5.74) is 0. The van der Waals surface area contributed by atoms with E-state index in [1.54, 1.807) is 18.2 Å². The van der Waals surface area contributed by atoms with E-state index in [9.17, 15) is 4.79 Å². The molecular formula is C10H9BrClN5O2. The van der Waals surface area contributed by atoms with Gasteiger partial charge >= 0.3 is 0 Å². The molecule has 2 N–H and O–H groups in total. The molecule has 19 heavy (non-hydrogen) atoms. The van der Waals surface area contributed by atoms with E-state index in [2.05, 4.69) is 41.9 Å². The van der Waals surface area contributed by atoms with Gasteiger partial charge in [-0.15, -0.1) is 10.2 Å². The first kappa shape index (κ1) is 13.8. The Labute approximate surface area is 121 Å². The van der Waals surface area contributed by atoms with Gasteiger partial charge in [-0.25, -0.2) is 0 Å². The highest BCUT2D eigenvalue weighted by Gasteiger charge is 2.07. The molecule has 9 heteroatoms. The summed E-state index contributed by atoms with van der Waals surface area (Å²) < 4.78 is 6.13. The standard InChI is InChI=1S/C10H9BrClN5O2/c11-6-1-2-8(7(12)3-6)19-5-10(18)13-4-9-14-16-17-15-9/h1-3H,4-5H2,(H,13,18)(H,14,15,16,17). The first-order valence-corrected chi connectivity index (χ1v) is 6.39. The fourth-order valence-electron chi connectivity index (χ4n) is 1.22. The minimum atomic E-state index is -0.302. The molecule has 1 aromatic carbocycles. The molecule has 0 aliphatic heterocycles. The van der Waals surface area contributed by atoms with Crippen molar-refractivity contribution in [3.63, 3.8) is 0 Å². The number of hydrogen-bond donors (Lipinski definition) is 2. The number of carbonyl (C=O) groups is 1. The smallest absolute Gasteiger partial charge is 0.258 e. The van der Waals surface area contributed by atoms with Crippen molar-refractivity contribution in [3.8, 4) is 5.75 Å². The maximum absolute atomic E-state index is 11.5. The van der Waals surface area contributed by atoms with Gasteiger partial charge in [-0.05, 0) is 18.2 Å². The fourth-order valence-corrected chi connectivity index (χ4v) is 1.95. The molecule has 100 valence electrons. The molecule has 0 fully saturated rings. The molecule has 1 heterocycles. The molecule has 0 saturated carbocycles. The SMILES string of the molecule is O=C(COc1ccc(Br)cc1Cl)NCc1nn[nH]n1. The lowest BCUT2D eigenvalue weighted by Crippen LogP contribution is -2.28. The number of halogens is 2. The number of carbonyl (C=O) groups excluding carboxylic acids is 1. The number of aromatic amines is 1. The molecule has 0 radical (unpaired) electrons. The summed E-state index contributed by atoms with van der Waals surface area (Å²) in [7, 11) is 0. The van der Waals surface area contributed by atoms with Gasteiger partial charge in [0.2, 0.25) is 0 Å². The molecule has 2 rings (SSSR count). The first-order chi connectivity index (χ1) is 9.15. The van der Waals surface area contributed by atoms with E-state index in [0.29, 0.717) is 16.6 Å². The van der Waals surface area contributed by atoms with Crippen molar-refractivity contribution < 1.29 is 9.53 Å². The second-order valence-electron chi connectivity index (χ2n) is 3.47. The van der Waals surface area contributed by atoms with E-state index in [4.69, 9.17) is 16.3 Å². The van der Waals surface area contributed by atoms with Crippen molar-refractivity contribution in [2.45, 2.75) is 6.54 Å². The molecule has 0 unspecified atom stereocenters. The third-order valence-corrected chi connectivity index (χ3v) is 2.87. The summed E-state index contributed by atoms with van der Waals surface area (Å²) in [6, 6.07) is 5.14. The third-order valence-electron chi connectivity index (χ3n) is 2.09. The largest absolute Gasteiger partial charge is 0.482 e. The second-order valence-corrected chi connectivity index (χ2v) is 4.79. The van der Waals surface area contributed by atoms with Crippen LogP contribution in [0, 0.1) is 0 Å². The lowest BCUT2D eigenvalue weighted by molar-refractivity contribution is -0.123. The van der Waals surface area contributed by atoms with Crippen LogP contribution in [0.4, 0.5) is 0 Å². The maximum atomic E-state index is 11.5. The zero-order valence-electron chi connectivity index (χ0n) is 9.56. The van der Waals surface area contributed by atoms with Crippen molar-refractivity contribution in [1.29, 1.82) is 0 Å². The molecule has 0 spiro atoms. The van der Waals surface area contributed by atoms with Gasteiger partial charge in [-0.3, -0.25) is 4.79 Å². The maximum Gasteiger partial charge on any atom is 0.258 e. The van der Waals surface area contributed by atoms with Crippen LogP contribution >= 0.6 is 27.5 Å². The Kier molecular flexibility index (Phi) is 4.69. The zero-order valence-corrected chi connectivity index (χ0v) is 11.9. The third kappa shape index (κ3) is 4.18. The highest BCUT2D eigenvalue weighted by atomic mass is 79.9. The number of tetrazole rings is 1. The highest BCUT2D eigenvalue weighted by molar-refractivity contribution is 9.10. The van der Waals surface area contributed by atoms with Crippen LogP contribution in [0.15, 0.2) is 22.7 Å². The van der Waals surface area contributed by atoms with Crippen molar-refractivity contribution in [2.24, 2.45) is 0 Å². The number of hydrogen-bond acceptors (Lipinski definition) is 5. The average Bonchev–Trinajstić information content (AvgIpc) is 2.88. The van der Waals surface area contributed by atoms with Gasteiger partial charge in [-0.2, -0.15) is 5.21 Å². The van der Waals surface area contributed by atoms with Crippen molar-refractivity contribution in [3.05, 3.63) is 33.5 Å². The fraction of sp³-hybridized carbons (Fsp3) is 0.200. The van der Waals surface area contributed by atoms with Crippen LogP contribution in [-0.4, -0.2) is 33.1 Å². The molecule has 0 atom stereocenters. The van der Waals surface area contributed by atoms with Crippen LogP contribution < -0.4 is 10.1 Å². The van der Waals surface area contributed by atoms with Crippen molar-refractivity contribution in [1.82, 2.24) is 25.9 Å². The van der Waals surface area contributed by atoms with E-state index in [1.165, 1.54) is 0 Å². The molecule has 0 aliphatic carbocycles. The zero-order chi connectivity index (χ0) is 13.7. The summed E-state index contributed by atoms with van der Waals surface area (Å²) in [5.74, 6) is 0.540. The van der Waals surface area contributed by atoms with Crippen LogP contribution in [0.1, 0.15) is 5.82 Å². The lowest BCUT2D eigenvalue weighted by Gasteiger charge is -2.08. The van der Waals surface area contributed by atoms with Gasteiger partial charge in [0.25, 0.3) is 5.91 Å². The van der Waals surface area contributed by atoms with Crippen molar-refractivity contribution in [2.75, 3.05) is 6.61 Å². The van der Waals surface area contributed by atoms with Gasteiger partial charge in [0, 0.05) is 4.47 Å². The molecule has 0 saturated heterocycles. The van der Waals surface area contributed by atoms with E-state index >= 15 is 0 Å². The number of rotatable bonds is 5. The summed E-state index contributed by atoms with van der Waals surface area (Å²) in [6.07, 6.45) is 0.